The molecule has 1 heterocycles. The van der Waals surface area contributed by atoms with Crippen molar-refractivity contribution >= 4 is 0 Å². The van der Waals surface area contributed by atoms with Gasteiger partial charge in [-0.3, -0.25) is 0 Å². The molecule has 0 bridgehead atoms. The summed E-state index contributed by atoms with van der Waals surface area (Å²) < 4.78 is 17.3. The van der Waals surface area contributed by atoms with Gasteiger partial charge < -0.3 is 4.74 Å². The number of halogens is 1. The lowest BCUT2D eigenvalue weighted by Gasteiger charge is -2.08. The Bertz CT molecular complexity index is 66.9. The minimum absolute atomic E-state index is 0.102. The van der Waals surface area contributed by atoms with Crippen molar-refractivity contribution in [2.75, 3.05) is 6.61 Å². The molecule has 0 saturated carbocycles. The monoisotopic (exact) mass is 118 g/mol. The summed E-state index contributed by atoms with van der Waals surface area (Å²) in [6.07, 6.45) is 1.05. The smallest absolute Gasteiger partial charge is 0.123 e. The number of rotatable bonds is 1. The predicted molar refractivity (Wildman–Crippen MR) is 29.5 cm³/mol. The van der Waals surface area contributed by atoms with Gasteiger partial charge in [-0.1, -0.05) is 0 Å². The van der Waals surface area contributed by atoms with Crippen LogP contribution in [-0.2, 0) is 4.74 Å². The van der Waals surface area contributed by atoms with Gasteiger partial charge in [0.2, 0.25) is 0 Å². The largest absolute Gasteiger partial charge is 0.375 e. The van der Waals surface area contributed by atoms with Crippen LogP contribution in [0.5, 0.6) is 0 Å². The molecule has 0 aliphatic carbocycles. The van der Waals surface area contributed by atoms with Gasteiger partial charge in [0.25, 0.3) is 0 Å². The van der Waals surface area contributed by atoms with Crippen LogP contribution in [0.4, 0.5) is 4.39 Å². The maximum Gasteiger partial charge on any atom is 0.123 e. The SMILES string of the molecule is C[C@@H](F)C1CCCO1. The van der Waals surface area contributed by atoms with Crippen molar-refractivity contribution in [1.82, 2.24) is 0 Å². The van der Waals surface area contributed by atoms with Gasteiger partial charge in [-0.2, -0.15) is 0 Å². The molecule has 1 unspecified atom stereocenters. The average Bonchev–Trinajstić information content (AvgIpc) is 2.12. The fourth-order valence-corrected chi connectivity index (χ4v) is 0.965. The van der Waals surface area contributed by atoms with E-state index in [1.54, 1.807) is 6.92 Å². The summed E-state index contributed by atoms with van der Waals surface area (Å²) in [5.74, 6) is 0. The lowest BCUT2D eigenvalue weighted by Crippen LogP contribution is -2.16. The number of hydrogen-bond acceptors (Lipinski definition) is 1. The first-order valence-electron chi connectivity index (χ1n) is 3.06. The van der Waals surface area contributed by atoms with Crippen molar-refractivity contribution in [1.29, 1.82) is 0 Å². The molecule has 2 atom stereocenters. The zero-order valence-corrected chi connectivity index (χ0v) is 5.06. The van der Waals surface area contributed by atoms with Crippen LogP contribution in [-0.4, -0.2) is 18.9 Å². The van der Waals surface area contributed by atoms with Gasteiger partial charge >= 0.3 is 0 Å². The summed E-state index contributed by atoms with van der Waals surface area (Å²) in [5.41, 5.74) is 0. The highest BCUT2D eigenvalue weighted by molar-refractivity contribution is 4.69. The fourth-order valence-electron chi connectivity index (χ4n) is 0.965. The van der Waals surface area contributed by atoms with Crippen LogP contribution >= 0.6 is 0 Å². The second-order valence-electron chi connectivity index (χ2n) is 2.23. The van der Waals surface area contributed by atoms with E-state index in [9.17, 15) is 4.39 Å². The fraction of sp³-hybridized carbons (Fsp3) is 1.00. The van der Waals surface area contributed by atoms with Crippen LogP contribution in [0, 0.1) is 0 Å². The first-order valence-corrected chi connectivity index (χ1v) is 3.06. The molecule has 1 nitrogen and oxygen atoms in total. The van der Waals surface area contributed by atoms with Crippen LogP contribution < -0.4 is 0 Å². The Morgan fingerprint density at radius 1 is 1.75 bits per heavy atom. The van der Waals surface area contributed by atoms with Crippen molar-refractivity contribution < 1.29 is 9.13 Å². The van der Waals surface area contributed by atoms with Crippen LogP contribution in [0.2, 0.25) is 0 Å². The third-order valence-corrected chi connectivity index (χ3v) is 1.48. The summed E-state index contributed by atoms with van der Waals surface area (Å²) in [5, 5.41) is 0. The molecule has 48 valence electrons. The summed E-state index contributed by atoms with van der Waals surface area (Å²) in [6.45, 7) is 2.30. The summed E-state index contributed by atoms with van der Waals surface area (Å²) in [7, 11) is 0. The Hall–Kier alpha value is -0.110. The molecule has 0 spiro atoms. The molecule has 0 N–H and O–H groups in total. The van der Waals surface area contributed by atoms with Gasteiger partial charge in [-0.25, -0.2) is 4.39 Å². The first kappa shape index (κ1) is 6.02. The first-order chi connectivity index (χ1) is 3.80. The molecule has 0 aromatic heterocycles. The minimum Gasteiger partial charge on any atom is -0.375 e. The summed E-state index contributed by atoms with van der Waals surface area (Å²) >= 11 is 0. The third kappa shape index (κ3) is 1.19. The highest BCUT2D eigenvalue weighted by Gasteiger charge is 2.21. The van der Waals surface area contributed by atoms with Crippen LogP contribution in [0.1, 0.15) is 19.8 Å². The Balaban J connectivity index is 2.24. The van der Waals surface area contributed by atoms with Crippen LogP contribution in [0.25, 0.3) is 0 Å². The van der Waals surface area contributed by atoms with Crippen molar-refractivity contribution in [2.24, 2.45) is 0 Å². The standard InChI is InChI=1S/C6H11FO/c1-5(7)6-3-2-4-8-6/h5-6H,2-4H2,1H3/t5-,6?/m1/s1. The van der Waals surface area contributed by atoms with E-state index in [4.69, 9.17) is 4.74 Å². The lowest BCUT2D eigenvalue weighted by atomic mass is 10.2. The molecule has 1 aliphatic rings. The number of alkyl halides is 1. The molecule has 8 heavy (non-hydrogen) atoms. The van der Waals surface area contributed by atoms with Crippen LogP contribution in [0.15, 0.2) is 0 Å². The Morgan fingerprint density at radius 3 is 2.75 bits per heavy atom. The van der Waals surface area contributed by atoms with Crippen molar-refractivity contribution in [2.45, 2.75) is 32.0 Å². The highest BCUT2D eigenvalue weighted by atomic mass is 19.1. The summed E-state index contributed by atoms with van der Waals surface area (Å²) in [6, 6.07) is 0. The van der Waals surface area contributed by atoms with E-state index in [0.29, 0.717) is 0 Å². The Labute approximate surface area is 48.8 Å². The van der Waals surface area contributed by atoms with Crippen LogP contribution in [0.3, 0.4) is 0 Å². The third-order valence-electron chi connectivity index (χ3n) is 1.48. The number of ether oxygens (including phenoxy) is 1. The van der Waals surface area contributed by atoms with E-state index < -0.39 is 6.17 Å². The zero-order valence-electron chi connectivity index (χ0n) is 5.06. The molecule has 2 heteroatoms. The molecule has 1 aliphatic heterocycles. The van der Waals surface area contributed by atoms with Gasteiger partial charge in [0.1, 0.15) is 6.17 Å². The van der Waals surface area contributed by atoms with E-state index in [-0.39, 0.29) is 6.10 Å². The summed E-state index contributed by atoms with van der Waals surface area (Å²) in [4.78, 5) is 0. The molecule has 0 aromatic carbocycles. The molecular formula is C6H11FO. The minimum atomic E-state index is -0.780. The Kier molecular flexibility index (Phi) is 1.84. The van der Waals surface area contributed by atoms with E-state index in [1.165, 1.54) is 0 Å². The van der Waals surface area contributed by atoms with Crippen molar-refractivity contribution in [3.63, 3.8) is 0 Å². The topological polar surface area (TPSA) is 9.23 Å². The van der Waals surface area contributed by atoms with Gasteiger partial charge in [0, 0.05) is 6.61 Å². The van der Waals surface area contributed by atoms with E-state index in [0.717, 1.165) is 19.4 Å². The van der Waals surface area contributed by atoms with Gasteiger partial charge in [-0.05, 0) is 19.8 Å². The predicted octanol–water partition coefficient (Wildman–Crippen LogP) is 1.52. The quantitative estimate of drug-likeness (QED) is 0.507. The normalized spacial score (nSPS) is 33.0. The highest BCUT2D eigenvalue weighted by Crippen LogP contribution is 2.16. The van der Waals surface area contributed by atoms with Gasteiger partial charge in [0.05, 0.1) is 6.10 Å². The van der Waals surface area contributed by atoms with Gasteiger partial charge in [-0.15, -0.1) is 0 Å². The average molecular weight is 118 g/mol. The molecule has 1 fully saturated rings. The zero-order chi connectivity index (χ0) is 5.98. The maximum atomic E-state index is 12.3. The molecule has 1 saturated heterocycles. The lowest BCUT2D eigenvalue weighted by molar-refractivity contribution is 0.0511. The Morgan fingerprint density at radius 2 is 2.50 bits per heavy atom. The molecular weight excluding hydrogens is 107 g/mol. The molecule has 0 radical (unpaired) electrons. The van der Waals surface area contributed by atoms with Crippen molar-refractivity contribution in [3.8, 4) is 0 Å². The maximum absolute atomic E-state index is 12.3. The number of hydrogen-bond donors (Lipinski definition) is 0. The molecule has 0 aromatic rings. The second-order valence-corrected chi connectivity index (χ2v) is 2.23. The second kappa shape index (κ2) is 2.44. The van der Waals surface area contributed by atoms with E-state index in [1.807, 2.05) is 0 Å². The van der Waals surface area contributed by atoms with E-state index in [2.05, 4.69) is 0 Å². The van der Waals surface area contributed by atoms with Gasteiger partial charge in [0.15, 0.2) is 0 Å². The van der Waals surface area contributed by atoms with E-state index >= 15 is 0 Å². The van der Waals surface area contributed by atoms with Crippen molar-refractivity contribution in [3.05, 3.63) is 0 Å². The molecule has 0 amide bonds. The molecule has 1 rings (SSSR count).